The fraction of sp³-hybridized carbons (Fsp3) is 0.533. The molecule has 1 aliphatic heterocycles. The van der Waals surface area contributed by atoms with Gasteiger partial charge in [0.25, 0.3) is 0 Å². The van der Waals surface area contributed by atoms with Crippen LogP contribution in [0.4, 0.5) is 14.5 Å². The highest BCUT2D eigenvalue weighted by Crippen LogP contribution is 2.33. The maximum atomic E-state index is 14.5. The minimum Gasteiger partial charge on any atom is -0.423 e. The van der Waals surface area contributed by atoms with Crippen molar-refractivity contribution >= 4 is 33.4 Å². The largest absolute Gasteiger partial charge is 0.491 e. The van der Waals surface area contributed by atoms with Crippen LogP contribution in [0.3, 0.4) is 0 Å². The summed E-state index contributed by atoms with van der Waals surface area (Å²) in [4.78, 5) is 12.5. The van der Waals surface area contributed by atoms with Crippen molar-refractivity contribution in [1.82, 2.24) is 0 Å². The van der Waals surface area contributed by atoms with Crippen molar-refractivity contribution in [2.75, 3.05) is 5.32 Å². The summed E-state index contributed by atoms with van der Waals surface area (Å²) < 4.78 is 33.5. The minimum absolute atomic E-state index is 0.0628. The number of amides is 1. The Morgan fingerprint density at radius 1 is 1.57 bits per heavy atom. The van der Waals surface area contributed by atoms with Crippen LogP contribution in [0.1, 0.15) is 39.2 Å². The van der Waals surface area contributed by atoms with Gasteiger partial charge in [-0.05, 0) is 30.3 Å². The molecular weight excluding hydrogens is 322 g/mol. The van der Waals surface area contributed by atoms with E-state index >= 15 is 0 Å². The normalized spacial score (nSPS) is 16.4. The molecule has 2 N–H and O–H groups in total. The van der Waals surface area contributed by atoms with Gasteiger partial charge >= 0.3 is 7.12 Å². The van der Waals surface area contributed by atoms with Gasteiger partial charge in [0.1, 0.15) is 11.5 Å². The van der Waals surface area contributed by atoms with Gasteiger partial charge in [0.15, 0.2) is 5.82 Å². The number of carbonyl (C=O) groups excluding carboxylic acids is 1. The summed E-state index contributed by atoms with van der Waals surface area (Å²) in [6.45, 7) is 5.67. The highest BCUT2D eigenvalue weighted by molar-refractivity contribution is 7.21. The van der Waals surface area contributed by atoms with Gasteiger partial charge in [-0.3, -0.25) is 4.79 Å². The Bertz CT molecular complexity index is 629. The van der Waals surface area contributed by atoms with Gasteiger partial charge in [-0.15, -0.1) is 9.24 Å². The summed E-state index contributed by atoms with van der Waals surface area (Å²) in [6, 6.07) is 1.00. The average molecular weight is 343 g/mol. The Morgan fingerprint density at radius 2 is 2.22 bits per heavy atom. The number of halogens is 2. The highest BCUT2D eigenvalue weighted by atomic mass is 31.0. The van der Waals surface area contributed by atoms with Crippen LogP contribution >= 0.6 is 9.24 Å². The highest BCUT2D eigenvalue weighted by Gasteiger charge is 2.36. The zero-order chi connectivity index (χ0) is 17.4. The molecule has 4 nitrogen and oxygen atoms in total. The Kier molecular flexibility index (Phi) is 5.44. The van der Waals surface area contributed by atoms with Crippen molar-refractivity contribution in [2.45, 2.75) is 45.4 Å². The summed E-state index contributed by atoms with van der Waals surface area (Å²) in [6.07, 6.45) is 1.10. The van der Waals surface area contributed by atoms with E-state index < -0.39 is 35.5 Å². The smallest absolute Gasteiger partial charge is 0.423 e. The number of carbonyl (C=O) groups is 1. The molecule has 2 atom stereocenters. The molecule has 2 unspecified atom stereocenters. The Morgan fingerprint density at radius 3 is 2.78 bits per heavy atom. The number of hydrogen-bond acceptors (Lipinski definition) is 3. The fourth-order valence-electron chi connectivity index (χ4n) is 2.78. The molecule has 0 fully saturated rings. The molecule has 0 bridgehead atoms. The lowest BCUT2D eigenvalue weighted by Crippen LogP contribution is -2.38. The Hall–Kier alpha value is -1.04. The van der Waals surface area contributed by atoms with Crippen molar-refractivity contribution in [3.05, 3.63) is 23.3 Å². The summed E-state index contributed by atoms with van der Waals surface area (Å²) in [5.74, 6) is -2.00. The third-order valence-corrected chi connectivity index (χ3v) is 5.01. The van der Waals surface area contributed by atoms with E-state index in [4.69, 9.17) is 4.65 Å². The van der Waals surface area contributed by atoms with Crippen molar-refractivity contribution in [3.8, 4) is 0 Å². The van der Waals surface area contributed by atoms with Gasteiger partial charge in [-0.1, -0.05) is 20.8 Å². The van der Waals surface area contributed by atoms with Crippen LogP contribution in [0.15, 0.2) is 6.07 Å². The van der Waals surface area contributed by atoms with E-state index in [0.717, 1.165) is 6.07 Å². The monoisotopic (exact) mass is 343 g/mol. The summed E-state index contributed by atoms with van der Waals surface area (Å²) in [7, 11) is 1.17. The molecule has 2 rings (SSSR count). The molecule has 1 amide bonds. The number of rotatable bonds is 5. The van der Waals surface area contributed by atoms with Crippen LogP contribution in [0, 0.1) is 17.6 Å². The van der Waals surface area contributed by atoms with Crippen LogP contribution in [0.5, 0.6) is 0 Å². The lowest BCUT2D eigenvalue weighted by Gasteiger charge is -2.28. The number of anilines is 1. The second kappa shape index (κ2) is 6.84. The van der Waals surface area contributed by atoms with Crippen molar-refractivity contribution < 1.29 is 23.3 Å². The van der Waals surface area contributed by atoms with Crippen LogP contribution in [0.2, 0.25) is 0 Å². The fourth-order valence-corrected chi connectivity index (χ4v) is 3.32. The van der Waals surface area contributed by atoms with Gasteiger partial charge < -0.3 is 15.0 Å². The third-order valence-electron chi connectivity index (χ3n) is 4.10. The maximum absolute atomic E-state index is 14.5. The molecule has 1 heterocycles. The summed E-state index contributed by atoms with van der Waals surface area (Å²) >= 11 is 0. The van der Waals surface area contributed by atoms with E-state index in [2.05, 4.69) is 14.6 Å². The minimum atomic E-state index is -1.34. The molecule has 1 aromatic rings. The standard InChI is InChI=1S/C15H21BF2NO3P/c1-4-15(23,6-8(2)3)14(20)19-13-11(17)5-10-9(12(13)18)7-22-16(10)21/h5,8,21H,4,6-7,23H2,1-3H3,(H,19,20). The lowest BCUT2D eigenvalue weighted by atomic mass is 9.79. The van der Waals surface area contributed by atoms with E-state index in [1.165, 1.54) is 0 Å². The van der Waals surface area contributed by atoms with E-state index in [0.29, 0.717) is 12.8 Å². The third kappa shape index (κ3) is 3.57. The quantitative estimate of drug-likeness (QED) is 0.637. The Labute approximate surface area is 137 Å². The van der Waals surface area contributed by atoms with Gasteiger partial charge in [-0.25, -0.2) is 8.78 Å². The molecule has 126 valence electrons. The molecule has 1 aromatic carbocycles. The lowest BCUT2D eigenvalue weighted by molar-refractivity contribution is -0.119. The molecule has 1 aliphatic rings. The van der Waals surface area contributed by atoms with E-state index in [1.807, 2.05) is 20.8 Å². The SMILES string of the molecule is CCC(P)(CC(C)C)C(=O)Nc1c(F)cc2c(c1F)COB2O. The number of fused-ring (bicyclic) bond motifs is 1. The number of benzene rings is 1. The number of hydrogen-bond donors (Lipinski definition) is 2. The summed E-state index contributed by atoms with van der Waals surface area (Å²) in [5.41, 5.74) is -0.354. The molecule has 0 saturated carbocycles. The van der Waals surface area contributed by atoms with E-state index in [-0.39, 0.29) is 23.6 Å². The average Bonchev–Trinajstić information content (AvgIpc) is 2.83. The zero-order valence-electron chi connectivity index (χ0n) is 13.5. The van der Waals surface area contributed by atoms with Crippen LogP contribution in [-0.4, -0.2) is 23.2 Å². The van der Waals surface area contributed by atoms with Gasteiger partial charge in [0.05, 0.1) is 11.8 Å². The van der Waals surface area contributed by atoms with E-state index in [9.17, 15) is 18.6 Å². The molecular formula is C15H21BF2NO3P. The predicted molar refractivity (Wildman–Crippen MR) is 89.6 cm³/mol. The Balaban J connectivity index is 2.32. The second-order valence-corrected chi connectivity index (χ2v) is 7.45. The number of nitrogens with one attached hydrogen (secondary N) is 1. The van der Waals surface area contributed by atoms with Crippen LogP contribution in [-0.2, 0) is 16.1 Å². The molecule has 0 radical (unpaired) electrons. The molecule has 8 heteroatoms. The van der Waals surface area contributed by atoms with Crippen molar-refractivity contribution in [1.29, 1.82) is 0 Å². The first kappa shape index (κ1) is 18.3. The first-order chi connectivity index (χ1) is 10.7. The first-order valence-electron chi connectivity index (χ1n) is 7.60. The van der Waals surface area contributed by atoms with E-state index in [1.54, 1.807) is 0 Å². The second-order valence-electron chi connectivity index (χ2n) is 6.34. The molecule has 0 saturated heterocycles. The van der Waals surface area contributed by atoms with Crippen molar-refractivity contribution in [3.63, 3.8) is 0 Å². The summed E-state index contributed by atoms with van der Waals surface area (Å²) in [5, 5.41) is 11.1. The predicted octanol–water partition coefficient (Wildman–Crippen LogP) is 2.19. The maximum Gasteiger partial charge on any atom is 0.491 e. The van der Waals surface area contributed by atoms with Gasteiger partial charge in [0, 0.05) is 5.56 Å². The topological polar surface area (TPSA) is 58.6 Å². The first-order valence-corrected chi connectivity index (χ1v) is 8.18. The molecule has 23 heavy (non-hydrogen) atoms. The zero-order valence-corrected chi connectivity index (χ0v) is 14.6. The van der Waals surface area contributed by atoms with Gasteiger partial charge in [-0.2, -0.15) is 0 Å². The molecule has 0 aliphatic carbocycles. The molecule has 0 spiro atoms. The van der Waals surface area contributed by atoms with Crippen LogP contribution < -0.4 is 10.8 Å². The van der Waals surface area contributed by atoms with Crippen molar-refractivity contribution in [2.24, 2.45) is 5.92 Å². The van der Waals surface area contributed by atoms with Gasteiger partial charge in [0.2, 0.25) is 5.91 Å². The van der Waals surface area contributed by atoms with Crippen LogP contribution in [0.25, 0.3) is 0 Å². The molecule has 0 aromatic heterocycles.